The summed E-state index contributed by atoms with van der Waals surface area (Å²) in [6.45, 7) is 10.3. The molecule has 0 spiro atoms. The molecule has 2 aliphatic rings. The SMILES string of the molecule is CC(C)OCC(=O)N1CCO[C@@H](CN2CCCN(C)CC2)[C@@H]1c1cnn(C)c1. The Morgan fingerprint density at radius 3 is 2.79 bits per heavy atom. The van der Waals surface area contributed by atoms with Crippen molar-refractivity contribution in [1.29, 1.82) is 0 Å². The first-order valence-electron chi connectivity index (χ1n) is 10.4. The number of hydrogen-bond donors (Lipinski definition) is 0. The number of hydrogen-bond acceptors (Lipinski definition) is 6. The molecule has 8 nitrogen and oxygen atoms in total. The van der Waals surface area contributed by atoms with Crippen LogP contribution in [-0.4, -0.2) is 102 Å². The van der Waals surface area contributed by atoms with Gasteiger partial charge in [-0.1, -0.05) is 0 Å². The molecular weight excluding hydrogens is 358 g/mol. The summed E-state index contributed by atoms with van der Waals surface area (Å²) in [5.74, 6) is 0.0199. The number of rotatable bonds is 6. The van der Waals surface area contributed by atoms with Crippen molar-refractivity contribution in [2.45, 2.75) is 38.5 Å². The van der Waals surface area contributed by atoms with Crippen LogP contribution >= 0.6 is 0 Å². The van der Waals surface area contributed by atoms with E-state index in [1.165, 1.54) is 0 Å². The van der Waals surface area contributed by atoms with Crippen LogP contribution in [0.3, 0.4) is 0 Å². The van der Waals surface area contributed by atoms with Crippen molar-refractivity contribution < 1.29 is 14.3 Å². The Morgan fingerprint density at radius 2 is 2.07 bits per heavy atom. The highest BCUT2D eigenvalue weighted by Crippen LogP contribution is 2.30. The fraction of sp³-hybridized carbons (Fsp3) is 0.800. The van der Waals surface area contributed by atoms with Crippen LogP contribution in [0.5, 0.6) is 0 Å². The molecule has 2 saturated heterocycles. The van der Waals surface area contributed by atoms with Gasteiger partial charge in [0.05, 0.1) is 31.1 Å². The molecule has 0 N–H and O–H groups in total. The minimum absolute atomic E-state index is 0.0199. The van der Waals surface area contributed by atoms with Gasteiger partial charge in [0.15, 0.2) is 0 Å². The second-order valence-corrected chi connectivity index (χ2v) is 8.21. The maximum atomic E-state index is 12.9. The smallest absolute Gasteiger partial charge is 0.249 e. The van der Waals surface area contributed by atoms with Gasteiger partial charge >= 0.3 is 0 Å². The first-order valence-corrected chi connectivity index (χ1v) is 10.4. The maximum absolute atomic E-state index is 12.9. The molecule has 0 bridgehead atoms. The van der Waals surface area contributed by atoms with Gasteiger partial charge in [-0.2, -0.15) is 5.10 Å². The summed E-state index contributed by atoms with van der Waals surface area (Å²) < 4.78 is 13.6. The zero-order chi connectivity index (χ0) is 20.1. The number of aryl methyl sites for hydroxylation is 1. The average molecular weight is 394 g/mol. The Hall–Kier alpha value is -1.48. The summed E-state index contributed by atoms with van der Waals surface area (Å²) in [4.78, 5) is 19.7. The molecule has 8 heteroatoms. The second-order valence-electron chi connectivity index (χ2n) is 8.21. The predicted molar refractivity (Wildman–Crippen MR) is 107 cm³/mol. The Labute approximate surface area is 168 Å². The molecule has 0 unspecified atom stereocenters. The third-order valence-electron chi connectivity index (χ3n) is 5.53. The van der Waals surface area contributed by atoms with Crippen LogP contribution in [0, 0.1) is 0 Å². The lowest BCUT2D eigenvalue weighted by atomic mass is 10.00. The zero-order valence-electron chi connectivity index (χ0n) is 17.7. The van der Waals surface area contributed by atoms with Gasteiger partial charge in [-0.3, -0.25) is 14.4 Å². The van der Waals surface area contributed by atoms with Crippen molar-refractivity contribution in [3.63, 3.8) is 0 Å². The Kier molecular flexibility index (Phi) is 7.45. The van der Waals surface area contributed by atoms with E-state index in [0.717, 1.165) is 44.7 Å². The van der Waals surface area contributed by atoms with Crippen LogP contribution in [0.1, 0.15) is 31.9 Å². The number of ether oxygens (including phenoxy) is 2. The van der Waals surface area contributed by atoms with Crippen LogP contribution < -0.4 is 0 Å². The zero-order valence-corrected chi connectivity index (χ0v) is 17.7. The first kappa shape index (κ1) is 21.2. The number of amides is 1. The highest BCUT2D eigenvalue weighted by molar-refractivity contribution is 5.78. The number of likely N-dealkylation sites (N-methyl/N-ethyl adjacent to an activating group) is 1. The predicted octanol–water partition coefficient (Wildman–Crippen LogP) is 0.751. The van der Waals surface area contributed by atoms with Crippen molar-refractivity contribution in [3.05, 3.63) is 18.0 Å². The molecule has 0 saturated carbocycles. The maximum Gasteiger partial charge on any atom is 0.249 e. The van der Waals surface area contributed by atoms with E-state index in [4.69, 9.17) is 9.47 Å². The molecule has 1 aromatic heterocycles. The Morgan fingerprint density at radius 1 is 1.25 bits per heavy atom. The van der Waals surface area contributed by atoms with Gasteiger partial charge in [-0.25, -0.2) is 0 Å². The Bertz CT molecular complexity index is 635. The van der Waals surface area contributed by atoms with Gasteiger partial charge in [0, 0.05) is 45.0 Å². The molecule has 0 aliphatic carbocycles. The fourth-order valence-electron chi connectivity index (χ4n) is 4.01. The van der Waals surface area contributed by atoms with Gasteiger partial charge in [0.25, 0.3) is 0 Å². The molecule has 2 aliphatic heterocycles. The van der Waals surface area contributed by atoms with Gasteiger partial charge in [-0.15, -0.1) is 0 Å². The summed E-state index contributed by atoms with van der Waals surface area (Å²) in [6, 6.07) is -0.133. The Balaban J connectivity index is 1.76. The number of carbonyl (C=O) groups is 1. The second kappa shape index (κ2) is 9.82. The van der Waals surface area contributed by atoms with Gasteiger partial charge in [0.1, 0.15) is 6.61 Å². The van der Waals surface area contributed by atoms with Crippen LogP contribution in [0.25, 0.3) is 0 Å². The van der Waals surface area contributed by atoms with Crippen molar-refractivity contribution in [3.8, 4) is 0 Å². The monoisotopic (exact) mass is 393 g/mol. The molecule has 1 amide bonds. The van der Waals surface area contributed by atoms with E-state index in [-0.39, 0.29) is 30.8 Å². The molecule has 158 valence electrons. The van der Waals surface area contributed by atoms with E-state index in [9.17, 15) is 4.79 Å². The largest absolute Gasteiger partial charge is 0.373 e. The summed E-state index contributed by atoms with van der Waals surface area (Å²) >= 11 is 0. The molecule has 0 aromatic carbocycles. The molecule has 0 radical (unpaired) electrons. The van der Waals surface area contributed by atoms with Crippen molar-refractivity contribution >= 4 is 5.91 Å². The van der Waals surface area contributed by atoms with Gasteiger partial charge < -0.3 is 19.3 Å². The fourth-order valence-corrected chi connectivity index (χ4v) is 4.01. The third kappa shape index (κ3) is 5.53. The average Bonchev–Trinajstić information content (AvgIpc) is 2.98. The number of nitrogens with zero attached hydrogens (tertiary/aromatic N) is 5. The van der Waals surface area contributed by atoms with Gasteiger partial charge in [-0.05, 0) is 40.4 Å². The topological polar surface area (TPSA) is 63.1 Å². The van der Waals surface area contributed by atoms with Crippen LogP contribution in [0.2, 0.25) is 0 Å². The lowest BCUT2D eigenvalue weighted by Crippen LogP contribution is -2.53. The van der Waals surface area contributed by atoms with E-state index in [0.29, 0.717) is 13.2 Å². The molecule has 3 heterocycles. The lowest BCUT2D eigenvalue weighted by molar-refractivity contribution is -0.154. The molecular formula is C20H35N5O3. The lowest BCUT2D eigenvalue weighted by Gasteiger charge is -2.42. The van der Waals surface area contributed by atoms with E-state index >= 15 is 0 Å². The van der Waals surface area contributed by atoms with Crippen molar-refractivity contribution in [2.24, 2.45) is 7.05 Å². The van der Waals surface area contributed by atoms with Gasteiger partial charge in [0.2, 0.25) is 5.91 Å². The minimum atomic E-state index is -0.133. The number of aromatic nitrogens is 2. The molecule has 1 aromatic rings. The van der Waals surface area contributed by atoms with E-state index < -0.39 is 0 Å². The molecule has 28 heavy (non-hydrogen) atoms. The summed E-state index contributed by atoms with van der Waals surface area (Å²) in [5, 5.41) is 4.34. The number of carbonyl (C=O) groups excluding carboxylic acids is 1. The summed E-state index contributed by atoms with van der Waals surface area (Å²) in [6.07, 6.45) is 4.97. The normalized spacial score (nSPS) is 25.2. The quantitative estimate of drug-likeness (QED) is 0.711. The van der Waals surface area contributed by atoms with Crippen LogP contribution in [0.15, 0.2) is 12.4 Å². The van der Waals surface area contributed by atoms with Crippen LogP contribution in [-0.2, 0) is 21.3 Å². The highest BCUT2D eigenvalue weighted by atomic mass is 16.5. The van der Waals surface area contributed by atoms with Crippen molar-refractivity contribution in [1.82, 2.24) is 24.5 Å². The van der Waals surface area contributed by atoms with Crippen molar-refractivity contribution in [2.75, 3.05) is 59.5 Å². The standard InChI is InChI=1S/C20H35N5O3/c1-16(2)28-15-19(26)25-10-11-27-18(20(25)17-12-21-23(4)13-17)14-24-7-5-6-22(3)8-9-24/h12-13,16,18,20H,5-11,14-15H2,1-4H3/t18-,20-/m0/s1. The van der Waals surface area contributed by atoms with E-state index in [1.807, 2.05) is 38.2 Å². The summed E-state index contributed by atoms with van der Waals surface area (Å²) in [5.41, 5.74) is 1.03. The van der Waals surface area contributed by atoms with E-state index in [2.05, 4.69) is 21.9 Å². The van der Waals surface area contributed by atoms with E-state index in [1.54, 1.807) is 4.68 Å². The van der Waals surface area contributed by atoms with Crippen LogP contribution in [0.4, 0.5) is 0 Å². The molecule has 3 rings (SSSR count). The minimum Gasteiger partial charge on any atom is -0.373 e. The summed E-state index contributed by atoms with van der Waals surface area (Å²) in [7, 11) is 4.08. The molecule has 2 fully saturated rings. The number of morpholine rings is 1. The highest BCUT2D eigenvalue weighted by Gasteiger charge is 2.38. The molecule has 2 atom stereocenters. The first-order chi connectivity index (χ1) is 13.4. The third-order valence-corrected chi connectivity index (χ3v) is 5.53.